The summed E-state index contributed by atoms with van der Waals surface area (Å²) in [6.45, 7) is 4.11. The van der Waals surface area contributed by atoms with E-state index >= 15 is 0 Å². The van der Waals surface area contributed by atoms with Crippen LogP contribution in [-0.2, 0) is 12.5 Å². The minimum absolute atomic E-state index is 0.204. The second-order valence-corrected chi connectivity index (χ2v) is 9.73. The Kier molecular flexibility index (Phi) is 7.48. The van der Waals surface area contributed by atoms with E-state index < -0.39 is 34.9 Å². The van der Waals surface area contributed by atoms with E-state index in [4.69, 9.17) is 0 Å². The van der Waals surface area contributed by atoms with Crippen LogP contribution in [0.15, 0.2) is 54.6 Å². The van der Waals surface area contributed by atoms with Gasteiger partial charge in [-0.1, -0.05) is 62.4 Å². The number of aryl methyl sites for hydroxylation is 2. The number of hydrogen-bond donors (Lipinski definition) is 0. The third-order valence-corrected chi connectivity index (χ3v) is 6.92. The van der Waals surface area contributed by atoms with Gasteiger partial charge in [-0.25, -0.2) is 13.2 Å². The van der Waals surface area contributed by atoms with Crippen LogP contribution in [0.3, 0.4) is 0 Å². The van der Waals surface area contributed by atoms with Crippen molar-refractivity contribution >= 4 is 0 Å². The molecule has 186 valence electrons. The second kappa shape index (κ2) is 10.4. The summed E-state index contributed by atoms with van der Waals surface area (Å²) in [5, 5.41) is 0. The molecule has 0 spiro atoms. The summed E-state index contributed by atoms with van der Waals surface area (Å²) < 4.78 is 78.1. The zero-order valence-electron chi connectivity index (χ0n) is 19.9. The van der Waals surface area contributed by atoms with Gasteiger partial charge in [0.2, 0.25) is 0 Å². The van der Waals surface area contributed by atoms with Crippen molar-refractivity contribution in [2.24, 2.45) is 11.8 Å². The summed E-state index contributed by atoms with van der Waals surface area (Å²) in [7, 11) is 0. The van der Waals surface area contributed by atoms with Crippen LogP contribution < -0.4 is 4.74 Å². The maximum Gasteiger partial charge on any atom is 0.432 e. The van der Waals surface area contributed by atoms with Crippen molar-refractivity contribution in [2.75, 3.05) is 0 Å². The molecule has 4 rings (SSSR count). The molecule has 0 heterocycles. The average molecular weight is 489 g/mol. The zero-order valence-corrected chi connectivity index (χ0v) is 19.9. The molecule has 6 heteroatoms. The molecule has 0 radical (unpaired) electrons. The maximum atomic E-state index is 14.8. The Morgan fingerprint density at radius 3 is 2.06 bits per heavy atom. The van der Waals surface area contributed by atoms with Crippen LogP contribution in [0.4, 0.5) is 22.0 Å². The van der Waals surface area contributed by atoms with Crippen molar-refractivity contribution in [3.05, 3.63) is 88.7 Å². The Morgan fingerprint density at radius 2 is 1.46 bits per heavy atom. The lowest BCUT2D eigenvalue weighted by Crippen LogP contribution is -2.25. The van der Waals surface area contributed by atoms with Crippen LogP contribution in [0.25, 0.3) is 11.1 Å². The molecule has 0 saturated heterocycles. The molecule has 0 aliphatic heterocycles. The SMILES string of the molecule is Cc1ccc(-c2ccc(OC(F)(F)c3c(F)cc(CCC4CCC(C)CC4)cc3F)cc2F)cc1. The molecular formula is C29H29F5O. The molecule has 1 aliphatic carbocycles. The van der Waals surface area contributed by atoms with E-state index in [1.165, 1.54) is 6.07 Å². The summed E-state index contributed by atoms with van der Waals surface area (Å²) >= 11 is 0. The highest BCUT2D eigenvalue weighted by Crippen LogP contribution is 2.37. The van der Waals surface area contributed by atoms with E-state index in [2.05, 4.69) is 11.7 Å². The van der Waals surface area contributed by atoms with Crippen LogP contribution in [0.2, 0.25) is 0 Å². The van der Waals surface area contributed by atoms with Crippen LogP contribution in [0, 0.1) is 36.2 Å². The minimum Gasteiger partial charge on any atom is -0.429 e. The Bertz CT molecular complexity index is 1140. The molecule has 0 atom stereocenters. The fourth-order valence-corrected chi connectivity index (χ4v) is 4.76. The number of benzene rings is 3. The van der Waals surface area contributed by atoms with Gasteiger partial charge in [0.25, 0.3) is 0 Å². The zero-order chi connectivity index (χ0) is 25.2. The molecule has 0 unspecified atom stereocenters. The van der Waals surface area contributed by atoms with Gasteiger partial charge in [-0.3, -0.25) is 0 Å². The van der Waals surface area contributed by atoms with Crippen molar-refractivity contribution in [1.82, 2.24) is 0 Å². The fourth-order valence-electron chi connectivity index (χ4n) is 4.76. The van der Waals surface area contributed by atoms with Crippen molar-refractivity contribution in [3.8, 4) is 16.9 Å². The van der Waals surface area contributed by atoms with Crippen molar-refractivity contribution in [2.45, 2.75) is 58.5 Å². The second-order valence-electron chi connectivity index (χ2n) is 9.73. The van der Waals surface area contributed by atoms with Gasteiger partial charge < -0.3 is 4.74 Å². The van der Waals surface area contributed by atoms with Gasteiger partial charge in [-0.05, 0) is 67.0 Å². The molecular weight excluding hydrogens is 459 g/mol. The van der Waals surface area contributed by atoms with Gasteiger partial charge >= 0.3 is 6.11 Å². The van der Waals surface area contributed by atoms with E-state index in [1.807, 2.05) is 6.92 Å². The topological polar surface area (TPSA) is 9.23 Å². The van der Waals surface area contributed by atoms with Crippen LogP contribution in [0.5, 0.6) is 5.75 Å². The molecule has 1 fully saturated rings. The number of alkyl halides is 2. The van der Waals surface area contributed by atoms with Gasteiger partial charge in [0.05, 0.1) is 0 Å². The largest absolute Gasteiger partial charge is 0.432 e. The van der Waals surface area contributed by atoms with Crippen molar-refractivity contribution in [1.29, 1.82) is 0 Å². The lowest BCUT2D eigenvalue weighted by molar-refractivity contribution is -0.189. The molecule has 1 aliphatic rings. The number of ether oxygens (including phenoxy) is 1. The standard InChI is InChI=1S/C29H29F5O/c1-18-3-7-20(8-4-18)9-10-21-15-26(31)28(27(32)16-21)29(33,34)35-23-13-14-24(25(30)17-23)22-11-5-19(2)6-12-22/h5-6,11-18,20H,3-4,7-10H2,1-2H3. The lowest BCUT2D eigenvalue weighted by atomic mass is 9.80. The molecule has 0 aromatic heterocycles. The van der Waals surface area contributed by atoms with Gasteiger partial charge in [-0.15, -0.1) is 0 Å². The summed E-state index contributed by atoms with van der Waals surface area (Å²) in [6, 6.07) is 12.2. The summed E-state index contributed by atoms with van der Waals surface area (Å²) in [5.74, 6) is -2.87. The van der Waals surface area contributed by atoms with E-state index in [0.717, 1.165) is 61.9 Å². The van der Waals surface area contributed by atoms with E-state index in [1.54, 1.807) is 24.3 Å². The van der Waals surface area contributed by atoms with Crippen LogP contribution in [0.1, 0.15) is 55.7 Å². The molecule has 1 nitrogen and oxygen atoms in total. The van der Waals surface area contributed by atoms with E-state index in [0.29, 0.717) is 29.4 Å². The molecule has 35 heavy (non-hydrogen) atoms. The first-order valence-corrected chi connectivity index (χ1v) is 12.0. The molecule has 0 N–H and O–H groups in total. The number of hydrogen-bond acceptors (Lipinski definition) is 1. The average Bonchev–Trinajstić information content (AvgIpc) is 2.79. The van der Waals surface area contributed by atoms with E-state index in [9.17, 15) is 22.0 Å². The molecule has 0 bridgehead atoms. The van der Waals surface area contributed by atoms with Gasteiger partial charge in [0.15, 0.2) is 0 Å². The third-order valence-electron chi connectivity index (χ3n) is 6.92. The Hall–Kier alpha value is -2.89. The van der Waals surface area contributed by atoms with Crippen LogP contribution in [-0.4, -0.2) is 0 Å². The monoisotopic (exact) mass is 488 g/mol. The smallest absolute Gasteiger partial charge is 0.429 e. The summed E-state index contributed by atoms with van der Waals surface area (Å²) in [4.78, 5) is 0. The minimum atomic E-state index is -4.32. The summed E-state index contributed by atoms with van der Waals surface area (Å²) in [6.07, 6.45) is 1.31. The number of rotatable bonds is 7. The fraction of sp³-hybridized carbons (Fsp3) is 0.379. The predicted molar refractivity (Wildman–Crippen MR) is 127 cm³/mol. The third kappa shape index (κ3) is 6.03. The molecule has 3 aromatic carbocycles. The Morgan fingerprint density at radius 1 is 0.829 bits per heavy atom. The maximum absolute atomic E-state index is 14.8. The highest BCUT2D eigenvalue weighted by molar-refractivity contribution is 5.65. The number of halogens is 5. The van der Waals surface area contributed by atoms with Crippen LogP contribution >= 0.6 is 0 Å². The normalized spacial score (nSPS) is 18.5. The van der Waals surface area contributed by atoms with Crippen molar-refractivity contribution < 1.29 is 26.7 Å². The van der Waals surface area contributed by atoms with E-state index in [-0.39, 0.29) is 5.56 Å². The quantitative estimate of drug-likeness (QED) is 0.302. The first-order chi connectivity index (χ1) is 16.6. The lowest BCUT2D eigenvalue weighted by Gasteiger charge is -2.26. The predicted octanol–water partition coefficient (Wildman–Crippen LogP) is 8.97. The van der Waals surface area contributed by atoms with Gasteiger partial charge in [0, 0.05) is 11.6 Å². The first kappa shape index (κ1) is 25.2. The molecule has 1 saturated carbocycles. The Balaban J connectivity index is 1.48. The van der Waals surface area contributed by atoms with Gasteiger partial charge in [0.1, 0.15) is 28.8 Å². The molecule has 3 aromatic rings. The highest BCUT2D eigenvalue weighted by atomic mass is 19.3. The Labute approximate surface area is 202 Å². The highest BCUT2D eigenvalue weighted by Gasteiger charge is 2.41. The van der Waals surface area contributed by atoms with Crippen molar-refractivity contribution in [3.63, 3.8) is 0 Å². The molecule has 0 amide bonds. The van der Waals surface area contributed by atoms with Gasteiger partial charge in [-0.2, -0.15) is 8.78 Å². The summed E-state index contributed by atoms with van der Waals surface area (Å²) in [5.41, 5.74) is 0.631. The first-order valence-electron chi connectivity index (χ1n) is 12.0.